The molecule has 2 aromatic carbocycles. The van der Waals surface area contributed by atoms with Crippen LogP contribution < -0.4 is 9.47 Å². The summed E-state index contributed by atoms with van der Waals surface area (Å²) in [6.07, 6.45) is 1.76. The Bertz CT molecular complexity index is 1310. The molecule has 0 saturated heterocycles. The summed E-state index contributed by atoms with van der Waals surface area (Å²) in [5, 5.41) is 18.7. The van der Waals surface area contributed by atoms with Crippen LogP contribution >= 0.6 is 23.2 Å². The number of carboxylic acids is 2. The van der Waals surface area contributed by atoms with Gasteiger partial charge >= 0.3 is 11.9 Å². The van der Waals surface area contributed by atoms with Gasteiger partial charge in [0.15, 0.2) is 0 Å². The van der Waals surface area contributed by atoms with E-state index in [1.54, 1.807) is 36.4 Å². The number of aromatic carboxylic acids is 2. The third kappa shape index (κ3) is 7.36. The molecule has 0 aliphatic heterocycles. The lowest BCUT2D eigenvalue weighted by Crippen LogP contribution is -2.02. The minimum absolute atomic E-state index is 0.189. The van der Waals surface area contributed by atoms with Crippen LogP contribution in [0.3, 0.4) is 0 Å². The molecule has 0 spiro atoms. The minimum Gasteiger partial charge on any atom is -0.477 e. The maximum absolute atomic E-state index is 12.9. The van der Waals surface area contributed by atoms with Crippen LogP contribution in [0.5, 0.6) is 23.3 Å². The van der Waals surface area contributed by atoms with Gasteiger partial charge < -0.3 is 19.7 Å². The number of carbonyl (C=O) groups is 2. The lowest BCUT2D eigenvalue weighted by Gasteiger charge is -2.07. The van der Waals surface area contributed by atoms with Gasteiger partial charge in [0.1, 0.15) is 34.3 Å². The Labute approximate surface area is 212 Å². The van der Waals surface area contributed by atoms with Gasteiger partial charge in [0.25, 0.3) is 0 Å². The summed E-state index contributed by atoms with van der Waals surface area (Å²) in [6.45, 7) is 0. The first-order chi connectivity index (χ1) is 17.1. The summed E-state index contributed by atoms with van der Waals surface area (Å²) in [5.41, 5.74) is -0.704. The zero-order valence-corrected chi connectivity index (χ0v) is 19.4. The van der Waals surface area contributed by atoms with Gasteiger partial charge in [0.2, 0.25) is 11.8 Å². The van der Waals surface area contributed by atoms with Gasteiger partial charge in [-0.05, 0) is 48.5 Å². The molecular weight excluding hydrogens is 521 g/mol. The summed E-state index contributed by atoms with van der Waals surface area (Å²) in [6, 6.07) is 14.4. The SMILES string of the molecule is O=C(O)c1cc(F)cnc1Oc1cccc(Cl)c1.O=C(O)c1cc(F)cnc1Oc1cccc(Cl)c1. The summed E-state index contributed by atoms with van der Waals surface area (Å²) in [7, 11) is 0. The Morgan fingerprint density at radius 1 is 0.694 bits per heavy atom. The lowest BCUT2D eigenvalue weighted by molar-refractivity contribution is 0.0681. The highest BCUT2D eigenvalue weighted by atomic mass is 35.5. The van der Waals surface area contributed by atoms with Gasteiger partial charge in [-0.25, -0.2) is 28.3 Å². The molecule has 0 saturated carbocycles. The molecule has 184 valence electrons. The minimum atomic E-state index is -1.32. The van der Waals surface area contributed by atoms with Crippen molar-refractivity contribution in [3.63, 3.8) is 0 Å². The predicted molar refractivity (Wildman–Crippen MR) is 125 cm³/mol. The van der Waals surface area contributed by atoms with Crippen molar-refractivity contribution in [2.75, 3.05) is 0 Å². The molecule has 4 rings (SSSR count). The fraction of sp³-hybridized carbons (Fsp3) is 0. The molecule has 0 amide bonds. The Morgan fingerprint density at radius 2 is 1.08 bits per heavy atom. The third-order valence-corrected chi connectivity index (χ3v) is 4.59. The molecule has 0 aliphatic carbocycles. The largest absolute Gasteiger partial charge is 0.477 e. The summed E-state index contributed by atoms with van der Waals surface area (Å²) < 4.78 is 36.3. The van der Waals surface area contributed by atoms with E-state index in [2.05, 4.69) is 9.97 Å². The molecular formula is C24H14Cl2F2N2O6. The maximum Gasteiger partial charge on any atom is 0.341 e. The molecule has 0 bridgehead atoms. The van der Waals surface area contributed by atoms with E-state index in [1.807, 2.05) is 0 Å². The Balaban J connectivity index is 0.000000201. The number of benzene rings is 2. The molecule has 0 atom stereocenters. The zero-order chi connectivity index (χ0) is 26.2. The van der Waals surface area contributed by atoms with E-state index in [9.17, 15) is 18.4 Å². The number of aromatic nitrogens is 2. The second kappa shape index (κ2) is 11.9. The average molecular weight is 535 g/mol. The summed E-state index contributed by atoms with van der Waals surface area (Å²) in [4.78, 5) is 29.0. The van der Waals surface area contributed by atoms with Crippen molar-refractivity contribution in [2.45, 2.75) is 0 Å². The van der Waals surface area contributed by atoms with Gasteiger partial charge in [0.05, 0.1) is 12.4 Å². The Morgan fingerprint density at radius 3 is 1.42 bits per heavy atom. The summed E-state index contributed by atoms with van der Waals surface area (Å²) in [5.74, 6) is -3.86. The molecule has 2 heterocycles. The topological polar surface area (TPSA) is 119 Å². The van der Waals surface area contributed by atoms with E-state index in [0.29, 0.717) is 21.5 Å². The molecule has 0 fully saturated rings. The molecule has 0 radical (unpaired) electrons. The first-order valence-electron chi connectivity index (χ1n) is 9.77. The molecule has 12 heteroatoms. The number of carboxylic acid groups (broad SMARTS) is 2. The van der Waals surface area contributed by atoms with Gasteiger partial charge in [-0.1, -0.05) is 35.3 Å². The zero-order valence-electron chi connectivity index (χ0n) is 17.9. The average Bonchev–Trinajstić information content (AvgIpc) is 2.82. The van der Waals surface area contributed by atoms with Crippen LogP contribution in [-0.2, 0) is 0 Å². The van der Waals surface area contributed by atoms with E-state index < -0.39 is 23.6 Å². The van der Waals surface area contributed by atoms with Crippen molar-refractivity contribution in [1.29, 1.82) is 0 Å². The quantitative estimate of drug-likeness (QED) is 0.279. The normalized spacial score (nSPS) is 10.1. The summed E-state index contributed by atoms with van der Waals surface area (Å²) >= 11 is 11.5. The molecule has 0 unspecified atom stereocenters. The van der Waals surface area contributed by atoms with Crippen LogP contribution in [0.1, 0.15) is 20.7 Å². The van der Waals surface area contributed by atoms with Crippen LogP contribution in [0.25, 0.3) is 0 Å². The molecule has 8 nitrogen and oxygen atoms in total. The predicted octanol–water partition coefficient (Wildman–Crippen LogP) is 6.73. The van der Waals surface area contributed by atoms with E-state index >= 15 is 0 Å². The molecule has 2 N–H and O–H groups in total. The third-order valence-electron chi connectivity index (χ3n) is 4.12. The van der Waals surface area contributed by atoms with Crippen molar-refractivity contribution in [2.24, 2.45) is 0 Å². The lowest BCUT2D eigenvalue weighted by atomic mass is 10.2. The number of pyridine rings is 2. The van der Waals surface area contributed by atoms with Gasteiger partial charge in [-0.3, -0.25) is 0 Å². The van der Waals surface area contributed by atoms with Gasteiger partial charge in [-0.15, -0.1) is 0 Å². The molecule has 2 aromatic heterocycles. The molecule has 0 aliphatic rings. The number of hydrogen-bond acceptors (Lipinski definition) is 6. The smallest absolute Gasteiger partial charge is 0.341 e. The number of hydrogen-bond donors (Lipinski definition) is 2. The van der Waals surface area contributed by atoms with E-state index in [4.69, 9.17) is 42.9 Å². The highest BCUT2D eigenvalue weighted by molar-refractivity contribution is 6.31. The second-order valence-electron chi connectivity index (χ2n) is 6.74. The first-order valence-corrected chi connectivity index (χ1v) is 10.5. The van der Waals surface area contributed by atoms with Gasteiger partial charge in [-0.2, -0.15) is 0 Å². The van der Waals surface area contributed by atoms with E-state index in [1.165, 1.54) is 12.1 Å². The van der Waals surface area contributed by atoms with Crippen molar-refractivity contribution >= 4 is 35.1 Å². The Kier molecular flexibility index (Phi) is 8.71. The van der Waals surface area contributed by atoms with E-state index in [-0.39, 0.29) is 22.9 Å². The fourth-order valence-electron chi connectivity index (χ4n) is 2.61. The Hall–Kier alpha value is -4.28. The first kappa shape index (κ1) is 26.3. The highest BCUT2D eigenvalue weighted by Crippen LogP contribution is 2.27. The van der Waals surface area contributed by atoms with Crippen LogP contribution in [0.4, 0.5) is 8.78 Å². The molecule has 36 heavy (non-hydrogen) atoms. The van der Waals surface area contributed by atoms with Crippen LogP contribution in [0.15, 0.2) is 73.1 Å². The number of rotatable bonds is 6. The standard InChI is InChI=1S/2C12H7ClFNO3/c2*13-7-2-1-3-9(4-7)18-11-10(12(16)17)5-8(14)6-15-11/h2*1-6H,(H,16,17). The van der Waals surface area contributed by atoms with Crippen molar-refractivity contribution < 1.29 is 38.1 Å². The highest BCUT2D eigenvalue weighted by Gasteiger charge is 2.16. The van der Waals surface area contributed by atoms with Crippen LogP contribution in [-0.4, -0.2) is 32.1 Å². The maximum atomic E-state index is 12.9. The van der Waals surface area contributed by atoms with Crippen LogP contribution in [0.2, 0.25) is 10.0 Å². The second-order valence-corrected chi connectivity index (χ2v) is 7.61. The van der Waals surface area contributed by atoms with Crippen molar-refractivity contribution in [3.05, 3.63) is 106 Å². The van der Waals surface area contributed by atoms with Gasteiger partial charge in [0, 0.05) is 10.0 Å². The monoisotopic (exact) mass is 534 g/mol. The van der Waals surface area contributed by atoms with E-state index in [0.717, 1.165) is 24.5 Å². The van der Waals surface area contributed by atoms with Crippen molar-refractivity contribution in [1.82, 2.24) is 9.97 Å². The van der Waals surface area contributed by atoms with Crippen molar-refractivity contribution in [3.8, 4) is 23.3 Å². The fourth-order valence-corrected chi connectivity index (χ4v) is 2.97. The molecule has 4 aromatic rings. The number of nitrogens with zero attached hydrogens (tertiary/aromatic N) is 2. The number of ether oxygens (including phenoxy) is 2. The van der Waals surface area contributed by atoms with Crippen LogP contribution in [0, 0.1) is 11.6 Å². The number of halogens is 4.